The number of nitrogen functional groups attached to an aromatic ring is 1. The highest BCUT2D eigenvalue weighted by Gasteiger charge is 2.04. The quantitative estimate of drug-likeness (QED) is 0.724. The number of nitrogens with two attached hydrogens (primary N) is 1. The Morgan fingerprint density at radius 1 is 1.12 bits per heavy atom. The SMILES string of the molecule is Cc1cc(N)cc(NC(C)CCCC(C)C)c1. The summed E-state index contributed by atoms with van der Waals surface area (Å²) in [6, 6.07) is 6.66. The van der Waals surface area contributed by atoms with Crippen molar-refractivity contribution >= 4 is 11.4 Å². The Morgan fingerprint density at radius 3 is 2.41 bits per heavy atom. The standard InChI is InChI=1S/C15H26N2/c1-11(2)6-5-7-13(4)17-15-9-12(3)8-14(16)10-15/h8-11,13,17H,5-7,16H2,1-4H3. The minimum absolute atomic E-state index is 0.509. The number of anilines is 2. The van der Waals surface area contributed by atoms with Crippen LogP contribution < -0.4 is 11.1 Å². The maximum atomic E-state index is 5.84. The summed E-state index contributed by atoms with van der Waals surface area (Å²) in [5.41, 5.74) is 9.02. The monoisotopic (exact) mass is 234 g/mol. The van der Waals surface area contributed by atoms with Crippen molar-refractivity contribution in [2.24, 2.45) is 5.92 Å². The van der Waals surface area contributed by atoms with Gasteiger partial charge >= 0.3 is 0 Å². The lowest BCUT2D eigenvalue weighted by Gasteiger charge is -2.16. The van der Waals surface area contributed by atoms with E-state index < -0.39 is 0 Å². The molecule has 2 heteroatoms. The summed E-state index contributed by atoms with van der Waals surface area (Å²) in [4.78, 5) is 0. The van der Waals surface area contributed by atoms with Crippen LogP contribution in [0.3, 0.4) is 0 Å². The summed E-state index contributed by atoms with van der Waals surface area (Å²) in [6.07, 6.45) is 3.81. The molecule has 2 nitrogen and oxygen atoms in total. The zero-order chi connectivity index (χ0) is 12.8. The molecule has 0 saturated carbocycles. The Bertz CT molecular complexity index is 325. The number of hydrogen-bond donors (Lipinski definition) is 2. The molecule has 0 aliphatic rings. The van der Waals surface area contributed by atoms with Gasteiger partial charge in [-0.15, -0.1) is 0 Å². The van der Waals surface area contributed by atoms with E-state index in [0.717, 1.165) is 17.3 Å². The molecule has 0 saturated heterocycles. The van der Waals surface area contributed by atoms with Crippen LogP contribution in [0.1, 0.15) is 45.6 Å². The topological polar surface area (TPSA) is 38.0 Å². The molecule has 0 spiro atoms. The summed E-state index contributed by atoms with van der Waals surface area (Å²) in [5, 5.41) is 3.52. The van der Waals surface area contributed by atoms with E-state index in [0.29, 0.717) is 6.04 Å². The van der Waals surface area contributed by atoms with E-state index in [9.17, 15) is 0 Å². The van der Waals surface area contributed by atoms with Gasteiger partial charge in [-0.05, 0) is 49.9 Å². The molecular formula is C15H26N2. The predicted octanol–water partition coefficient (Wildman–Crippen LogP) is 4.20. The molecule has 1 rings (SSSR count). The van der Waals surface area contributed by atoms with Crippen LogP contribution in [0.25, 0.3) is 0 Å². The van der Waals surface area contributed by atoms with E-state index in [1.807, 2.05) is 12.1 Å². The van der Waals surface area contributed by atoms with Crippen LogP contribution in [0.4, 0.5) is 11.4 Å². The van der Waals surface area contributed by atoms with Gasteiger partial charge in [-0.25, -0.2) is 0 Å². The maximum absolute atomic E-state index is 5.84. The number of aryl methyl sites for hydroxylation is 1. The lowest BCUT2D eigenvalue weighted by Crippen LogP contribution is -2.15. The third-order valence-corrected chi connectivity index (χ3v) is 2.93. The van der Waals surface area contributed by atoms with Crippen LogP contribution in [0, 0.1) is 12.8 Å². The molecule has 1 unspecified atom stereocenters. The second-order valence-electron chi connectivity index (χ2n) is 5.50. The van der Waals surface area contributed by atoms with E-state index in [1.54, 1.807) is 0 Å². The van der Waals surface area contributed by atoms with Gasteiger partial charge in [0.25, 0.3) is 0 Å². The minimum Gasteiger partial charge on any atom is -0.399 e. The fraction of sp³-hybridized carbons (Fsp3) is 0.600. The Morgan fingerprint density at radius 2 is 1.82 bits per heavy atom. The molecule has 0 heterocycles. The highest BCUT2D eigenvalue weighted by Crippen LogP contribution is 2.18. The Hall–Kier alpha value is -1.18. The molecule has 96 valence electrons. The van der Waals surface area contributed by atoms with Crippen molar-refractivity contribution in [3.63, 3.8) is 0 Å². The van der Waals surface area contributed by atoms with Crippen molar-refractivity contribution in [2.75, 3.05) is 11.1 Å². The average molecular weight is 234 g/mol. The van der Waals surface area contributed by atoms with Gasteiger partial charge < -0.3 is 11.1 Å². The summed E-state index contributed by atoms with van der Waals surface area (Å²) >= 11 is 0. The largest absolute Gasteiger partial charge is 0.399 e. The van der Waals surface area contributed by atoms with Gasteiger partial charge in [-0.3, -0.25) is 0 Å². The molecule has 0 radical (unpaired) electrons. The van der Waals surface area contributed by atoms with Crippen LogP contribution in [-0.4, -0.2) is 6.04 Å². The molecule has 17 heavy (non-hydrogen) atoms. The molecule has 0 amide bonds. The lowest BCUT2D eigenvalue weighted by molar-refractivity contribution is 0.520. The number of rotatable bonds is 6. The van der Waals surface area contributed by atoms with Crippen molar-refractivity contribution in [3.8, 4) is 0 Å². The molecule has 0 aromatic heterocycles. The molecule has 3 N–H and O–H groups in total. The van der Waals surface area contributed by atoms with Gasteiger partial charge in [0.15, 0.2) is 0 Å². The van der Waals surface area contributed by atoms with E-state index >= 15 is 0 Å². The average Bonchev–Trinajstić information content (AvgIpc) is 2.14. The van der Waals surface area contributed by atoms with Crippen molar-refractivity contribution in [3.05, 3.63) is 23.8 Å². The molecule has 1 aromatic rings. The second kappa shape index (κ2) is 6.53. The summed E-state index contributed by atoms with van der Waals surface area (Å²) in [6.45, 7) is 8.86. The highest BCUT2D eigenvalue weighted by atomic mass is 14.9. The molecule has 0 aliphatic carbocycles. The highest BCUT2D eigenvalue weighted by molar-refractivity contribution is 5.57. The molecule has 1 aromatic carbocycles. The van der Waals surface area contributed by atoms with Gasteiger partial charge in [0.05, 0.1) is 0 Å². The van der Waals surface area contributed by atoms with E-state index in [4.69, 9.17) is 5.73 Å². The zero-order valence-electron chi connectivity index (χ0n) is 11.6. The summed E-state index contributed by atoms with van der Waals surface area (Å²) < 4.78 is 0. The van der Waals surface area contributed by atoms with Crippen LogP contribution in [0.2, 0.25) is 0 Å². The molecular weight excluding hydrogens is 208 g/mol. The smallest absolute Gasteiger partial charge is 0.0365 e. The van der Waals surface area contributed by atoms with Crippen LogP contribution in [0.5, 0.6) is 0 Å². The Balaban J connectivity index is 2.42. The first-order valence-electron chi connectivity index (χ1n) is 6.61. The van der Waals surface area contributed by atoms with Gasteiger partial charge in [-0.2, -0.15) is 0 Å². The van der Waals surface area contributed by atoms with Crippen LogP contribution >= 0.6 is 0 Å². The second-order valence-corrected chi connectivity index (χ2v) is 5.50. The first-order valence-corrected chi connectivity index (χ1v) is 6.61. The van der Waals surface area contributed by atoms with Gasteiger partial charge in [0.1, 0.15) is 0 Å². The molecule has 0 aliphatic heterocycles. The Kier molecular flexibility index (Phi) is 5.33. The van der Waals surface area contributed by atoms with Crippen molar-refractivity contribution in [2.45, 2.75) is 53.0 Å². The zero-order valence-corrected chi connectivity index (χ0v) is 11.6. The molecule has 0 bridgehead atoms. The van der Waals surface area contributed by atoms with Crippen molar-refractivity contribution < 1.29 is 0 Å². The third kappa shape index (κ3) is 5.62. The minimum atomic E-state index is 0.509. The fourth-order valence-electron chi connectivity index (χ4n) is 2.09. The third-order valence-electron chi connectivity index (χ3n) is 2.93. The molecule has 0 fully saturated rings. The Labute approximate surface area is 106 Å². The number of hydrogen-bond acceptors (Lipinski definition) is 2. The van der Waals surface area contributed by atoms with Crippen molar-refractivity contribution in [1.82, 2.24) is 0 Å². The first kappa shape index (κ1) is 13.9. The van der Waals surface area contributed by atoms with Crippen LogP contribution in [0.15, 0.2) is 18.2 Å². The lowest BCUT2D eigenvalue weighted by atomic mass is 10.0. The summed E-state index contributed by atoms with van der Waals surface area (Å²) in [5.74, 6) is 0.803. The van der Waals surface area contributed by atoms with Crippen molar-refractivity contribution in [1.29, 1.82) is 0 Å². The van der Waals surface area contributed by atoms with Gasteiger partial charge in [-0.1, -0.05) is 26.7 Å². The number of benzene rings is 1. The van der Waals surface area contributed by atoms with Gasteiger partial charge in [0, 0.05) is 17.4 Å². The maximum Gasteiger partial charge on any atom is 0.0365 e. The van der Waals surface area contributed by atoms with E-state index in [-0.39, 0.29) is 0 Å². The van der Waals surface area contributed by atoms with E-state index in [1.165, 1.54) is 24.8 Å². The fourth-order valence-corrected chi connectivity index (χ4v) is 2.09. The predicted molar refractivity (Wildman–Crippen MR) is 77.4 cm³/mol. The van der Waals surface area contributed by atoms with E-state index in [2.05, 4.69) is 39.1 Å². The normalized spacial score (nSPS) is 12.8. The van der Waals surface area contributed by atoms with Gasteiger partial charge in [0.2, 0.25) is 0 Å². The molecule has 1 atom stereocenters. The summed E-state index contributed by atoms with van der Waals surface area (Å²) in [7, 11) is 0. The first-order chi connectivity index (χ1) is 7.97. The van der Waals surface area contributed by atoms with Crippen LogP contribution in [-0.2, 0) is 0 Å². The number of nitrogens with one attached hydrogen (secondary N) is 1.